The molecule has 2 aromatic heterocycles. The average Bonchev–Trinajstić information content (AvgIpc) is 2.35. The Morgan fingerprint density at radius 1 is 1.21 bits per heavy atom. The van der Waals surface area contributed by atoms with E-state index in [4.69, 9.17) is 16.3 Å². The van der Waals surface area contributed by atoms with E-state index in [-0.39, 0.29) is 16.4 Å². The first-order valence-electron chi connectivity index (χ1n) is 5.10. The highest BCUT2D eigenvalue weighted by Crippen LogP contribution is 2.27. The molecule has 0 atom stereocenters. The fourth-order valence-corrected chi connectivity index (χ4v) is 1.60. The van der Waals surface area contributed by atoms with Crippen molar-refractivity contribution in [2.75, 3.05) is 13.7 Å². The molecule has 0 aliphatic heterocycles. The summed E-state index contributed by atoms with van der Waals surface area (Å²) >= 11 is 5.94. The molecule has 4 nitrogen and oxygen atoms in total. The molecule has 0 unspecified atom stereocenters. The molecule has 0 aliphatic carbocycles. The number of hydrogen-bond donors (Lipinski definition) is 0. The molecule has 102 valence electrons. The number of aromatic nitrogens is 2. The van der Waals surface area contributed by atoms with Crippen molar-refractivity contribution in [3.05, 3.63) is 23.2 Å². The number of halogens is 4. The van der Waals surface area contributed by atoms with Gasteiger partial charge in [0.25, 0.3) is 0 Å². The molecule has 0 amide bonds. The highest BCUT2D eigenvalue weighted by atomic mass is 35.5. The minimum Gasteiger partial charge on any atom is -0.481 e. The van der Waals surface area contributed by atoms with Gasteiger partial charge in [-0.3, -0.25) is 0 Å². The van der Waals surface area contributed by atoms with Crippen molar-refractivity contribution in [1.82, 2.24) is 9.97 Å². The van der Waals surface area contributed by atoms with E-state index in [0.717, 1.165) is 0 Å². The molecule has 2 heterocycles. The Bertz CT molecular complexity index is 604. The fraction of sp³-hybridized carbons (Fsp3) is 0.273. The van der Waals surface area contributed by atoms with Crippen LogP contribution in [0.4, 0.5) is 13.2 Å². The number of pyridine rings is 2. The Morgan fingerprint density at radius 2 is 1.95 bits per heavy atom. The molecule has 0 saturated heterocycles. The topological polar surface area (TPSA) is 44.2 Å². The van der Waals surface area contributed by atoms with Crippen molar-refractivity contribution in [2.24, 2.45) is 0 Å². The predicted molar refractivity (Wildman–Crippen MR) is 62.7 cm³/mol. The van der Waals surface area contributed by atoms with E-state index in [1.54, 1.807) is 0 Å². The van der Waals surface area contributed by atoms with Crippen molar-refractivity contribution >= 4 is 22.6 Å². The van der Waals surface area contributed by atoms with Crippen LogP contribution in [-0.4, -0.2) is 29.9 Å². The SMILES string of the molecule is COc1cc(Cl)c2nc(OCC(F)(F)F)ccc2n1. The van der Waals surface area contributed by atoms with E-state index in [9.17, 15) is 13.2 Å². The Balaban J connectivity index is 2.33. The van der Waals surface area contributed by atoms with E-state index in [1.807, 2.05) is 0 Å². The summed E-state index contributed by atoms with van der Waals surface area (Å²) in [7, 11) is 1.43. The van der Waals surface area contributed by atoms with Crippen LogP contribution in [0.2, 0.25) is 5.02 Å². The summed E-state index contributed by atoms with van der Waals surface area (Å²) in [6.45, 7) is -1.41. The van der Waals surface area contributed by atoms with Gasteiger partial charge in [-0.2, -0.15) is 13.2 Å². The van der Waals surface area contributed by atoms with Crippen molar-refractivity contribution in [2.45, 2.75) is 6.18 Å². The summed E-state index contributed by atoms with van der Waals surface area (Å²) in [5.74, 6) is 0.127. The number of hydrogen-bond acceptors (Lipinski definition) is 4. The summed E-state index contributed by atoms with van der Waals surface area (Å²) in [6, 6.07) is 4.17. The van der Waals surface area contributed by atoms with Crippen LogP contribution in [0.3, 0.4) is 0 Å². The fourth-order valence-electron chi connectivity index (χ4n) is 1.37. The lowest BCUT2D eigenvalue weighted by molar-refractivity contribution is -0.154. The molecule has 8 heteroatoms. The summed E-state index contributed by atoms with van der Waals surface area (Å²) < 4.78 is 45.5. The highest BCUT2D eigenvalue weighted by Gasteiger charge is 2.28. The zero-order valence-electron chi connectivity index (χ0n) is 9.66. The van der Waals surface area contributed by atoms with Gasteiger partial charge in [-0.05, 0) is 6.07 Å². The molecule has 0 aromatic carbocycles. The molecular weight excluding hydrogens is 285 g/mol. The number of methoxy groups -OCH3 is 1. The first-order chi connectivity index (χ1) is 8.89. The maximum Gasteiger partial charge on any atom is 0.422 e. The zero-order valence-corrected chi connectivity index (χ0v) is 10.4. The van der Waals surface area contributed by atoms with Crippen molar-refractivity contribution < 1.29 is 22.6 Å². The summed E-state index contributed by atoms with van der Waals surface area (Å²) in [4.78, 5) is 7.94. The molecule has 0 saturated carbocycles. The standard InChI is InChI=1S/C11H8ClF3N2O2/c1-18-9-4-6(12)10-7(16-9)2-3-8(17-10)19-5-11(13,14)15/h2-4H,5H2,1H3. The van der Waals surface area contributed by atoms with Gasteiger partial charge >= 0.3 is 6.18 Å². The van der Waals surface area contributed by atoms with E-state index >= 15 is 0 Å². The first-order valence-corrected chi connectivity index (χ1v) is 5.48. The van der Waals surface area contributed by atoms with Crippen molar-refractivity contribution in [3.63, 3.8) is 0 Å². The number of fused-ring (bicyclic) bond motifs is 1. The van der Waals surface area contributed by atoms with Crippen LogP contribution in [-0.2, 0) is 0 Å². The molecule has 0 N–H and O–H groups in total. The lowest BCUT2D eigenvalue weighted by Gasteiger charge is -2.09. The van der Waals surface area contributed by atoms with E-state index < -0.39 is 12.8 Å². The molecule has 0 spiro atoms. The molecule has 0 aliphatic rings. The van der Waals surface area contributed by atoms with Crippen LogP contribution in [0, 0.1) is 0 Å². The molecule has 0 radical (unpaired) electrons. The smallest absolute Gasteiger partial charge is 0.422 e. The van der Waals surface area contributed by atoms with Crippen LogP contribution in [0.25, 0.3) is 11.0 Å². The third-order valence-electron chi connectivity index (χ3n) is 2.15. The molecular formula is C11H8ClF3N2O2. The van der Waals surface area contributed by atoms with Gasteiger partial charge in [-0.15, -0.1) is 0 Å². The average molecular weight is 293 g/mol. The lowest BCUT2D eigenvalue weighted by atomic mass is 10.3. The van der Waals surface area contributed by atoms with E-state index in [1.165, 1.54) is 25.3 Å². The molecule has 19 heavy (non-hydrogen) atoms. The number of alkyl halides is 3. The van der Waals surface area contributed by atoms with Gasteiger partial charge < -0.3 is 9.47 Å². The predicted octanol–water partition coefficient (Wildman–Crippen LogP) is 3.23. The van der Waals surface area contributed by atoms with Gasteiger partial charge in [0.05, 0.1) is 17.6 Å². The van der Waals surface area contributed by atoms with Crippen LogP contribution in [0.15, 0.2) is 18.2 Å². The third kappa shape index (κ3) is 3.37. The van der Waals surface area contributed by atoms with Crippen LogP contribution >= 0.6 is 11.6 Å². The molecule has 0 bridgehead atoms. The quantitative estimate of drug-likeness (QED) is 0.871. The Labute approximate surface area is 111 Å². The number of ether oxygens (including phenoxy) is 2. The van der Waals surface area contributed by atoms with Gasteiger partial charge in [-0.25, -0.2) is 9.97 Å². The minimum absolute atomic E-state index is 0.168. The Morgan fingerprint density at radius 3 is 2.58 bits per heavy atom. The second kappa shape index (κ2) is 5.08. The molecule has 2 aromatic rings. The van der Waals surface area contributed by atoms with Gasteiger partial charge in [0.15, 0.2) is 6.61 Å². The summed E-state index contributed by atoms with van der Waals surface area (Å²) in [5.41, 5.74) is 0.658. The van der Waals surface area contributed by atoms with Crippen LogP contribution in [0.5, 0.6) is 11.8 Å². The van der Waals surface area contributed by atoms with Crippen molar-refractivity contribution in [1.29, 1.82) is 0 Å². The third-order valence-corrected chi connectivity index (χ3v) is 2.44. The normalized spacial score (nSPS) is 11.6. The summed E-state index contributed by atoms with van der Waals surface area (Å²) in [6.07, 6.45) is -4.42. The van der Waals surface area contributed by atoms with Gasteiger partial charge in [-0.1, -0.05) is 11.6 Å². The Kier molecular flexibility index (Phi) is 3.66. The van der Waals surface area contributed by atoms with Gasteiger partial charge in [0, 0.05) is 12.1 Å². The number of rotatable bonds is 3. The first kappa shape index (κ1) is 13.7. The second-order valence-corrected chi connectivity index (χ2v) is 3.97. The van der Waals surface area contributed by atoms with Gasteiger partial charge in [0.1, 0.15) is 5.52 Å². The maximum atomic E-state index is 12.0. The molecule has 2 rings (SSSR count). The highest BCUT2D eigenvalue weighted by molar-refractivity contribution is 6.35. The van der Waals surface area contributed by atoms with E-state index in [0.29, 0.717) is 11.4 Å². The van der Waals surface area contributed by atoms with Crippen molar-refractivity contribution in [3.8, 4) is 11.8 Å². The largest absolute Gasteiger partial charge is 0.481 e. The van der Waals surface area contributed by atoms with Crippen LogP contribution in [0.1, 0.15) is 0 Å². The minimum atomic E-state index is -4.42. The Hall–Kier alpha value is -1.76. The summed E-state index contributed by atoms with van der Waals surface area (Å²) in [5, 5.41) is 0.222. The zero-order chi connectivity index (χ0) is 14.0. The number of nitrogens with zero attached hydrogens (tertiary/aromatic N) is 2. The molecule has 0 fully saturated rings. The monoisotopic (exact) mass is 292 g/mol. The van der Waals surface area contributed by atoms with Crippen LogP contribution < -0.4 is 9.47 Å². The van der Waals surface area contributed by atoms with Gasteiger partial charge in [0.2, 0.25) is 11.8 Å². The van der Waals surface area contributed by atoms with E-state index in [2.05, 4.69) is 14.7 Å². The lowest BCUT2D eigenvalue weighted by Crippen LogP contribution is -2.19. The second-order valence-electron chi connectivity index (χ2n) is 3.57. The maximum absolute atomic E-state index is 12.0.